The van der Waals surface area contributed by atoms with Crippen molar-refractivity contribution in [2.75, 3.05) is 32.5 Å². The molecule has 7 rings (SSSR count). The molecule has 5 aromatic rings. The molecular weight excluding hydrogens is 769 g/mol. The van der Waals surface area contributed by atoms with Crippen molar-refractivity contribution >= 4 is 34.9 Å². The molecule has 1 unspecified atom stereocenters. The SMILES string of the molecule is Cc1ncnc(C(=O)N2CCC3(CC2)OC(C)c2c3c(=O)n3nc(-c4ccc(CN(C)C)c(F)c4F)nc3n2CC(=O)Nc2ccc(C(F)(F)F)cc2Cl)c1O. The van der Waals surface area contributed by atoms with Crippen molar-refractivity contribution in [3.05, 3.63) is 97.4 Å². The van der Waals surface area contributed by atoms with Gasteiger partial charge in [0.15, 0.2) is 28.9 Å². The fourth-order valence-corrected chi connectivity index (χ4v) is 7.44. The Kier molecular flexibility index (Phi) is 9.82. The molecular formula is C36H33ClF5N9O5. The quantitative estimate of drug-likeness (QED) is 0.209. The van der Waals surface area contributed by atoms with Crippen LogP contribution in [-0.4, -0.2) is 83.0 Å². The maximum absolute atomic E-state index is 15.6. The minimum atomic E-state index is -4.68. The van der Waals surface area contributed by atoms with Crippen LogP contribution in [0.2, 0.25) is 5.02 Å². The Morgan fingerprint density at radius 2 is 1.82 bits per heavy atom. The van der Waals surface area contributed by atoms with Gasteiger partial charge in [-0.2, -0.15) is 22.7 Å². The maximum Gasteiger partial charge on any atom is 0.416 e. The molecule has 56 heavy (non-hydrogen) atoms. The lowest BCUT2D eigenvalue weighted by molar-refractivity contribution is -0.137. The summed E-state index contributed by atoms with van der Waals surface area (Å²) in [5.41, 5.74) is -3.13. The van der Waals surface area contributed by atoms with Crippen molar-refractivity contribution < 1.29 is 41.4 Å². The molecule has 1 spiro atoms. The molecule has 2 aromatic carbocycles. The molecule has 3 aromatic heterocycles. The van der Waals surface area contributed by atoms with Gasteiger partial charge in [-0.15, -0.1) is 5.10 Å². The van der Waals surface area contributed by atoms with Gasteiger partial charge in [-0.1, -0.05) is 17.7 Å². The molecule has 0 bridgehead atoms. The summed E-state index contributed by atoms with van der Waals surface area (Å²) in [5.74, 6) is -4.69. The van der Waals surface area contributed by atoms with Crippen molar-refractivity contribution in [1.82, 2.24) is 38.9 Å². The average Bonchev–Trinajstić information content (AvgIpc) is 3.70. The van der Waals surface area contributed by atoms with E-state index in [-0.39, 0.29) is 94.3 Å². The minimum Gasteiger partial charge on any atom is -0.504 e. The largest absolute Gasteiger partial charge is 0.504 e. The molecule has 1 atom stereocenters. The third-order valence-corrected chi connectivity index (χ3v) is 10.2. The van der Waals surface area contributed by atoms with E-state index in [4.69, 9.17) is 16.3 Å². The molecule has 5 heterocycles. The van der Waals surface area contributed by atoms with Gasteiger partial charge in [0.25, 0.3) is 11.5 Å². The summed E-state index contributed by atoms with van der Waals surface area (Å²) in [5, 5.41) is 16.8. The van der Waals surface area contributed by atoms with Gasteiger partial charge in [-0.3, -0.25) is 14.4 Å². The standard InChI is InChI=1S/C36H33ClF5N9O5/c1-17-30(53)28(44-16-43-17)33(55)49-11-9-35(10-12-49)25-29(18(2)56-35)50(15-24(52)45-23-8-6-20(13-22(23)37)36(40,41)42)34-46-31(47-51(34)32(25)54)21-7-5-19(14-48(3)4)26(38)27(21)39/h5-8,13,16,18,53H,9-12,14-15H2,1-4H3,(H,45,52). The second-order valence-corrected chi connectivity index (χ2v) is 14.3. The number of carbonyl (C=O) groups excluding carboxylic acids is 2. The number of hydrogen-bond acceptors (Lipinski definition) is 10. The van der Waals surface area contributed by atoms with Crippen molar-refractivity contribution in [3.63, 3.8) is 0 Å². The van der Waals surface area contributed by atoms with Crippen molar-refractivity contribution in [1.29, 1.82) is 0 Å². The molecule has 2 aliphatic rings. The van der Waals surface area contributed by atoms with Gasteiger partial charge in [-0.05, 0) is 65.0 Å². The lowest BCUT2D eigenvalue weighted by Crippen LogP contribution is -2.47. The first kappa shape index (κ1) is 38.7. The molecule has 1 saturated heterocycles. The van der Waals surface area contributed by atoms with Gasteiger partial charge in [0.05, 0.1) is 44.9 Å². The normalized spacial score (nSPS) is 16.6. The second kappa shape index (κ2) is 14.2. The van der Waals surface area contributed by atoms with Crippen LogP contribution >= 0.6 is 11.6 Å². The lowest BCUT2D eigenvalue weighted by atomic mass is 9.85. The van der Waals surface area contributed by atoms with E-state index in [1.807, 2.05) is 0 Å². The van der Waals surface area contributed by atoms with E-state index >= 15 is 8.78 Å². The third-order valence-electron chi connectivity index (χ3n) is 9.86. The summed E-state index contributed by atoms with van der Waals surface area (Å²) < 4.78 is 79.3. The van der Waals surface area contributed by atoms with Crippen LogP contribution in [0.4, 0.5) is 27.6 Å². The van der Waals surface area contributed by atoms with E-state index in [1.54, 1.807) is 25.9 Å². The zero-order valence-electron chi connectivity index (χ0n) is 30.2. The number of nitrogens with one attached hydrogen (secondary N) is 1. The molecule has 14 nitrogen and oxygen atoms in total. The average molecular weight is 802 g/mol. The number of hydrogen-bond donors (Lipinski definition) is 2. The number of aromatic nitrogens is 6. The molecule has 2 N–H and O–H groups in total. The number of ether oxygens (including phenoxy) is 1. The van der Waals surface area contributed by atoms with Gasteiger partial charge in [0, 0.05) is 25.2 Å². The van der Waals surface area contributed by atoms with Crippen LogP contribution in [0.3, 0.4) is 0 Å². The summed E-state index contributed by atoms with van der Waals surface area (Å²) in [6.07, 6.45) is -4.21. The van der Waals surface area contributed by atoms with E-state index in [2.05, 4.69) is 25.4 Å². The van der Waals surface area contributed by atoms with Crippen LogP contribution in [-0.2, 0) is 34.4 Å². The smallest absolute Gasteiger partial charge is 0.416 e. The topological polar surface area (TPSA) is 160 Å². The van der Waals surface area contributed by atoms with E-state index < -0.39 is 59.0 Å². The Hall–Kier alpha value is -5.53. The number of aryl methyl sites for hydroxylation is 1. The first-order chi connectivity index (χ1) is 26.4. The maximum atomic E-state index is 15.6. The van der Waals surface area contributed by atoms with Gasteiger partial charge >= 0.3 is 6.18 Å². The number of benzene rings is 2. The zero-order chi connectivity index (χ0) is 40.4. The highest BCUT2D eigenvalue weighted by atomic mass is 35.5. The Bertz CT molecular complexity index is 2480. The van der Waals surface area contributed by atoms with E-state index in [0.717, 1.165) is 23.0 Å². The first-order valence-corrected chi connectivity index (χ1v) is 17.6. The second-order valence-electron chi connectivity index (χ2n) is 13.9. The van der Waals surface area contributed by atoms with Crippen LogP contribution < -0.4 is 10.9 Å². The molecule has 2 amide bonds. The number of alkyl halides is 3. The molecule has 2 aliphatic heterocycles. The summed E-state index contributed by atoms with van der Waals surface area (Å²) in [4.78, 5) is 56.8. The number of nitrogens with zero attached hydrogens (tertiary/aromatic N) is 8. The Morgan fingerprint density at radius 1 is 1.11 bits per heavy atom. The van der Waals surface area contributed by atoms with E-state index in [0.29, 0.717) is 6.07 Å². The zero-order valence-corrected chi connectivity index (χ0v) is 31.0. The molecule has 0 saturated carbocycles. The number of rotatable bonds is 7. The van der Waals surface area contributed by atoms with Crippen molar-refractivity contribution in [2.45, 2.75) is 57.7 Å². The fraction of sp³-hybridized carbons (Fsp3) is 0.361. The number of aromatic hydroxyl groups is 1. The third kappa shape index (κ3) is 6.72. The highest BCUT2D eigenvalue weighted by Gasteiger charge is 2.51. The molecule has 0 radical (unpaired) electrons. The monoisotopic (exact) mass is 801 g/mol. The van der Waals surface area contributed by atoms with Crippen LogP contribution in [0.25, 0.3) is 17.2 Å². The molecule has 1 fully saturated rings. The molecule has 0 aliphatic carbocycles. The molecule has 294 valence electrons. The predicted octanol–water partition coefficient (Wildman–Crippen LogP) is 5.24. The summed E-state index contributed by atoms with van der Waals surface area (Å²) >= 11 is 6.11. The summed E-state index contributed by atoms with van der Waals surface area (Å²) in [7, 11) is 3.38. The Morgan fingerprint density at radius 3 is 2.48 bits per heavy atom. The van der Waals surface area contributed by atoms with Crippen LogP contribution in [0, 0.1) is 18.6 Å². The number of fused-ring (bicyclic) bond motifs is 3. The van der Waals surface area contributed by atoms with Crippen molar-refractivity contribution in [2.24, 2.45) is 0 Å². The van der Waals surface area contributed by atoms with E-state index in [9.17, 15) is 32.7 Å². The van der Waals surface area contributed by atoms with Crippen LogP contribution in [0.15, 0.2) is 41.5 Å². The summed E-state index contributed by atoms with van der Waals surface area (Å²) in [6.45, 7) is 2.78. The van der Waals surface area contributed by atoms with Gasteiger partial charge in [0.2, 0.25) is 11.7 Å². The first-order valence-electron chi connectivity index (χ1n) is 17.2. The highest BCUT2D eigenvalue weighted by molar-refractivity contribution is 6.33. The Labute approximate surface area is 319 Å². The minimum absolute atomic E-state index is 0.0598. The summed E-state index contributed by atoms with van der Waals surface area (Å²) in [6, 6.07) is 5.07. The number of piperidine rings is 1. The van der Waals surface area contributed by atoms with Crippen molar-refractivity contribution in [3.8, 4) is 17.1 Å². The highest BCUT2D eigenvalue weighted by Crippen LogP contribution is 2.48. The van der Waals surface area contributed by atoms with Gasteiger partial charge in [0.1, 0.15) is 18.5 Å². The number of amides is 2. The number of anilines is 1. The lowest BCUT2D eigenvalue weighted by Gasteiger charge is -2.39. The van der Waals surface area contributed by atoms with Crippen LogP contribution in [0.5, 0.6) is 5.75 Å². The van der Waals surface area contributed by atoms with Gasteiger partial charge in [-0.25, -0.2) is 18.7 Å². The Balaban J connectivity index is 1.31. The predicted molar refractivity (Wildman–Crippen MR) is 190 cm³/mol. The van der Waals surface area contributed by atoms with Gasteiger partial charge < -0.3 is 29.5 Å². The van der Waals surface area contributed by atoms with E-state index in [1.165, 1.54) is 28.5 Å². The number of carbonyl (C=O) groups is 2. The number of halogens is 6. The fourth-order valence-electron chi connectivity index (χ4n) is 7.21. The number of likely N-dealkylation sites (tertiary alicyclic amines) is 1. The molecule has 20 heteroatoms. The van der Waals surface area contributed by atoms with Crippen LogP contribution in [0.1, 0.15) is 64.4 Å².